The first-order valence-electron chi connectivity index (χ1n) is 6.22. The zero-order valence-corrected chi connectivity index (χ0v) is 12.7. The van der Waals surface area contributed by atoms with Crippen LogP contribution in [-0.4, -0.2) is 22.2 Å². The fourth-order valence-corrected chi connectivity index (χ4v) is 2.49. The Morgan fingerprint density at radius 2 is 2.21 bits per heavy atom. The van der Waals surface area contributed by atoms with E-state index in [2.05, 4.69) is 21.2 Å². The standard InChI is InChI=1S/C13H19BrN2O3/c1-3-7-13(2,17)9-15-8-10-5-4-6-11(12(10)14)16(18)19/h4-6,15,17H,3,7-9H2,1-2H3. The highest BCUT2D eigenvalue weighted by Gasteiger charge is 2.19. The van der Waals surface area contributed by atoms with Gasteiger partial charge in [-0.3, -0.25) is 10.1 Å². The SMILES string of the molecule is CCCC(C)(O)CNCc1cccc([N+](=O)[O-])c1Br. The summed E-state index contributed by atoms with van der Waals surface area (Å²) in [7, 11) is 0. The number of halogens is 1. The monoisotopic (exact) mass is 330 g/mol. The van der Waals surface area contributed by atoms with Gasteiger partial charge in [-0.25, -0.2) is 0 Å². The number of hydrogen-bond acceptors (Lipinski definition) is 4. The second-order valence-electron chi connectivity index (χ2n) is 4.86. The second kappa shape index (κ2) is 6.98. The van der Waals surface area contributed by atoms with Crippen LogP contribution in [0.25, 0.3) is 0 Å². The topological polar surface area (TPSA) is 75.4 Å². The van der Waals surface area contributed by atoms with Crippen molar-refractivity contribution in [2.45, 2.75) is 38.8 Å². The number of hydrogen-bond donors (Lipinski definition) is 2. The summed E-state index contributed by atoms with van der Waals surface area (Å²) in [6.45, 7) is 4.73. The van der Waals surface area contributed by atoms with Gasteiger partial charge in [0.25, 0.3) is 5.69 Å². The molecule has 0 amide bonds. The number of rotatable bonds is 7. The van der Waals surface area contributed by atoms with Gasteiger partial charge in [0.2, 0.25) is 0 Å². The molecule has 19 heavy (non-hydrogen) atoms. The summed E-state index contributed by atoms with van der Waals surface area (Å²) in [5.74, 6) is 0. The molecule has 1 aromatic carbocycles. The van der Waals surface area contributed by atoms with Crippen LogP contribution in [0.4, 0.5) is 5.69 Å². The normalized spacial score (nSPS) is 14.1. The molecular formula is C13H19BrN2O3. The van der Waals surface area contributed by atoms with E-state index in [1.54, 1.807) is 13.0 Å². The van der Waals surface area contributed by atoms with Crippen LogP contribution in [0.15, 0.2) is 22.7 Å². The Bertz CT molecular complexity index is 450. The van der Waals surface area contributed by atoms with Gasteiger partial charge in [-0.1, -0.05) is 25.5 Å². The molecule has 0 bridgehead atoms. The van der Waals surface area contributed by atoms with Crippen LogP contribution in [0.5, 0.6) is 0 Å². The molecule has 0 aliphatic rings. The molecule has 0 aliphatic carbocycles. The Morgan fingerprint density at radius 1 is 1.53 bits per heavy atom. The average Bonchev–Trinajstić information content (AvgIpc) is 2.30. The Hall–Kier alpha value is -0.980. The van der Waals surface area contributed by atoms with E-state index in [1.807, 2.05) is 13.0 Å². The van der Waals surface area contributed by atoms with Crippen LogP contribution in [0.1, 0.15) is 32.3 Å². The number of nitrogens with one attached hydrogen (secondary N) is 1. The summed E-state index contributed by atoms with van der Waals surface area (Å²) in [4.78, 5) is 10.4. The molecule has 0 radical (unpaired) electrons. The van der Waals surface area contributed by atoms with Crippen molar-refractivity contribution in [2.24, 2.45) is 0 Å². The highest BCUT2D eigenvalue weighted by molar-refractivity contribution is 9.10. The summed E-state index contributed by atoms with van der Waals surface area (Å²) in [5.41, 5.74) is 0.114. The summed E-state index contributed by atoms with van der Waals surface area (Å²) >= 11 is 3.25. The summed E-state index contributed by atoms with van der Waals surface area (Å²) in [6.07, 6.45) is 1.63. The molecule has 1 unspecified atom stereocenters. The van der Waals surface area contributed by atoms with Gasteiger partial charge >= 0.3 is 0 Å². The molecular weight excluding hydrogens is 312 g/mol. The van der Waals surface area contributed by atoms with Gasteiger partial charge in [0.05, 0.1) is 15.0 Å². The van der Waals surface area contributed by atoms with Crippen LogP contribution >= 0.6 is 15.9 Å². The molecule has 5 nitrogen and oxygen atoms in total. The molecule has 1 aromatic rings. The lowest BCUT2D eigenvalue weighted by Crippen LogP contribution is -2.37. The van der Waals surface area contributed by atoms with E-state index in [0.717, 1.165) is 18.4 Å². The summed E-state index contributed by atoms with van der Waals surface area (Å²) < 4.78 is 0.489. The van der Waals surface area contributed by atoms with E-state index in [4.69, 9.17) is 0 Å². The maximum absolute atomic E-state index is 10.8. The van der Waals surface area contributed by atoms with Crippen molar-refractivity contribution in [1.82, 2.24) is 5.32 Å². The van der Waals surface area contributed by atoms with Gasteiger partial charge in [-0.15, -0.1) is 0 Å². The lowest BCUT2D eigenvalue weighted by Gasteiger charge is -2.23. The lowest BCUT2D eigenvalue weighted by molar-refractivity contribution is -0.385. The first-order valence-corrected chi connectivity index (χ1v) is 7.01. The molecule has 0 saturated carbocycles. The van der Waals surface area contributed by atoms with Crippen LogP contribution in [0.3, 0.4) is 0 Å². The third-order valence-electron chi connectivity index (χ3n) is 2.86. The largest absolute Gasteiger partial charge is 0.389 e. The van der Waals surface area contributed by atoms with E-state index >= 15 is 0 Å². The number of benzene rings is 1. The molecule has 1 rings (SSSR count). The smallest absolute Gasteiger partial charge is 0.283 e. The average molecular weight is 331 g/mol. The quantitative estimate of drug-likeness (QED) is 0.595. The molecule has 0 aliphatic heterocycles. The summed E-state index contributed by atoms with van der Waals surface area (Å²) in [6, 6.07) is 4.93. The minimum atomic E-state index is -0.748. The zero-order valence-electron chi connectivity index (χ0n) is 11.1. The molecule has 0 spiro atoms. The first-order chi connectivity index (χ1) is 8.87. The highest BCUT2D eigenvalue weighted by atomic mass is 79.9. The minimum Gasteiger partial charge on any atom is -0.389 e. The fraction of sp³-hybridized carbons (Fsp3) is 0.538. The second-order valence-corrected chi connectivity index (χ2v) is 5.65. The van der Waals surface area contributed by atoms with Crippen molar-refractivity contribution in [1.29, 1.82) is 0 Å². The van der Waals surface area contributed by atoms with E-state index in [9.17, 15) is 15.2 Å². The van der Waals surface area contributed by atoms with Crippen molar-refractivity contribution in [3.63, 3.8) is 0 Å². The molecule has 0 fully saturated rings. The predicted molar refractivity (Wildman–Crippen MR) is 78.0 cm³/mol. The van der Waals surface area contributed by atoms with Gasteiger partial charge < -0.3 is 10.4 Å². The minimum absolute atomic E-state index is 0.0552. The van der Waals surface area contributed by atoms with Crippen molar-refractivity contribution < 1.29 is 10.0 Å². The van der Waals surface area contributed by atoms with E-state index in [-0.39, 0.29) is 5.69 Å². The van der Waals surface area contributed by atoms with Crippen LogP contribution in [0, 0.1) is 10.1 Å². The van der Waals surface area contributed by atoms with Gasteiger partial charge in [0.15, 0.2) is 0 Å². The van der Waals surface area contributed by atoms with Crippen molar-refractivity contribution in [3.05, 3.63) is 38.3 Å². The molecule has 0 heterocycles. The fourth-order valence-electron chi connectivity index (χ4n) is 1.94. The van der Waals surface area contributed by atoms with Crippen molar-refractivity contribution in [3.8, 4) is 0 Å². The first kappa shape index (κ1) is 16.1. The zero-order chi connectivity index (χ0) is 14.5. The van der Waals surface area contributed by atoms with E-state index in [0.29, 0.717) is 17.6 Å². The third-order valence-corrected chi connectivity index (χ3v) is 3.78. The molecule has 1 atom stereocenters. The molecule has 6 heteroatoms. The maximum Gasteiger partial charge on any atom is 0.283 e. The number of nitrogens with zero attached hydrogens (tertiary/aromatic N) is 1. The van der Waals surface area contributed by atoms with Gasteiger partial charge in [0.1, 0.15) is 0 Å². The Balaban J connectivity index is 2.64. The Labute approximate surface area is 121 Å². The summed E-state index contributed by atoms with van der Waals surface area (Å²) in [5, 5.41) is 24.0. The molecule has 2 N–H and O–H groups in total. The number of aliphatic hydroxyl groups is 1. The van der Waals surface area contributed by atoms with Crippen molar-refractivity contribution >= 4 is 21.6 Å². The number of nitro groups is 1. The number of nitro benzene ring substituents is 1. The van der Waals surface area contributed by atoms with E-state index < -0.39 is 10.5 Å². The van der Waals surface area contributed by atoms with Crippen molar-refractivity contribution in [2.75, 3.05) is 6.54 Å². The van der Waals surface area contributed by atoms with Crippen LogP contribution in [0.2, 0.25) is 0 Å². The molecule has 0 saturated heterocycles. The van der Waals surface area contributed by atoms with E-state index in [1.165, 1.54) is 6.07 Å². The van der Waals surface area contributed by atoms with Crippen LogP contribution in [-0.2, 0) is 6.54 Å². The maximum atomic E-state index is 10.8. The Morgan fingerprint density at radius 3 is 2.79 bits per heavy atom. The lowest BCUT2D eigenvalue weighted by atomic mass is 10.0. The third kappa shape index (κ3) is 4.89. The highest BCUT2D eigenvalue weighted by Crippen LogP contribution is 2.28. The molecule has 106 valence electrons. The van der Waals surface area contributed by atoms with Crippen LogP contribution < -0.4 is 5.32 Å². The molecule has 0 aromatic heterocycles. The van der Waals surface area contributed by atoms with Gasteiger partial charge in [-0.2, -0.15) is 0 Å². The predicted octanol–water partition coefficient (Wildman–Crippen LogP) is 3.00. The Kier molecular flexibility index (Phi) is 5.90. The van der Waals surface area contributed by atoms with Gasteiger partial charge in [-0.05, 0) is 34.8 Å². The van der Waals surface area contributed by atoms with Gasteiger partial charge in [0, 0.05) is 19.2 Å².